The van der Waals surface area contributed by atoms with Crippen molar-refractivity contribution >= 4 is 17.2 Å². The molecule has 4 N–H and O–H groups in total. The Hall–Kier alpha value is -2.59. The number of nitrogens with one attached hydrogen (secondary N) is 2. The lowest BCUT2D eigenvalue weighted by Gasteiger charge is -2.23. The fraction of sp³-hybridized carbons (Fsp3) is 0.357. The third-order valence-electron chi connectivity index (χ3n) is 2.54. The fourth-order valence-electron chi connectivity index (χ4n) is 1.33. The largest absolute Gasteiger partial charge is 0.488 e. The zero-order valence-corrected chi connectivity index (χ0v) is 12.6. The minimum Gasteiger partial charge on any atom is -0.488 e. The van der Waals surface area contributed by atoms with Crippen molar-refractivity contribution in [2.24, 2.45) is 10.8 Å². The summed E-state index contributed by atoms with van der Waals surface area (Å²) in [5.74, 6) is 0.398. The molecule has 1 aromatic rings. The number of hydrazone groups is 1. The van der Waals surface area contributed by atoms with Crippen LogP contribution in [-0.4, -0.2) is 50.3 Å². The van der Waals surface area contributed by atoms with Crippen molar-refractivity contribution in [3.63, 3.8) is 0 Å². The van der Waals surface area contributed by atoms with Crippen LogP contribution in [-0.2, 0) is 0 Å². The highest BCUT2D eigenvalue weighted by molar-refractivity contribution is 6.45. The summed E-state index contributed by atoms with van der Waals surface area (Å²) in [4.78, 5) is 0. The first kappa shape index (κ1) is 16.5. The summed E-state index contributed by atoms with van der Waals surface area (Å²) >= 11 is 0. The van der Waals surface area contributed by atoms with Crippen LogP contribution in [0.3, 0.4) is 0 Å². The number of quaternary nitrogens is 1. The van der Waals surface area contributed by atoms with Gasteiger partial charge >= 0.3 is 0 Å². The monoisotopic (exact) mass is 289 g/mol. The predicted molar refractivity (Wildman–Crippen MR) is 83.4 cm³/mol. The zero-order chi connectivity index (χ0) is 15.9. The van der Waals surface area contributed by atoms with Gasteiger partial charge in [0, 0.05) is 0 Å². The molecule has 0 aliphatic heterocycles. The number of hydrogen-bond donors (Lipinski definition) is 3. The van der Waals surface area contributed by atoms with E-state index in [-0.39, 0.29) is 11.5 Å². The molecule has 112 valence electrons. The van der Waals surface area contributed by atoms with E-state index in [1.54, 1.807) is 18.2 Å². The fourth-order valence-corrected chi connectivity index (χ4v) is 1.33. The van der Waals surface area contributed by atoms with E-state index >= 15 is 0 Å². The molecule has 0 unspecified atom stereocenters. The lowest BCUT2D eigenvalue weighted by atomic mass is 10.3. The standard InChI is InChI=1S/C14H21N6O/c1-20(2,3)8-9-21-12-6-4-11(5-7-12)18-19-13(10-15)14(16)17/h4-7,18H,8-9H2,1-3H3,(H3,16,17)/q+1/b19-13+. The number of rotatable bonds is 7. The van der Waals surface area contributed by atoms with Gasteiger partial charge in [0.05, 0.1) is 26.8 Å². The van der Waals surface area contributed by atoms with Crippen LogP contribution < -0.4 is 15.9 Å². The molecule has 0 aromatic heterocycles. The second-order valence-corrected chi connectivity index (χ2v) is 5.48. The molecule has 1 aromatic carbocycles. The highest BCUT2D eigenvalue weighted by Gasteiger charge is 2.06. The molecular formula is C14H21N6O+. The van der Waals surface area contributed by atoms with Crippen molar-refractivity contribution in [2.75, 3.05) is 39.7 Å². The number of nitrogens with zero attached hydrogens (tertiary/aromatic N) is 3. The van der Waals surface area contributed by atoms with E-state index in [1.807, 2.05) is 12.1 Å². The lowest BCUT2D eigenvalue weighted by molar-refractivity contribution is -0.870. The number of nitrogens with two attached hydrogens (primary N) is 1. The summed E-state index contributed by atoms with van der Waals surface area (Å²) in [6, 6.07) is 8.92. The Morgan fingerprint density at radius 1 is 1.38 bits per heavy atom. The molecule has 0 heterocycles. The molecular weight excluding hydrogens is 268 g/mol. The number of likely N-dealkylation sites (N-methyl/N-ethyl adjacent to an activating group) is 1. The first-order valence-corrected chi connectivity index (χ1v) is 6.43. The molecule has 0 amide bonds. The van der Waals surface area contributed by atoms with Crippen LogP contribution in [0.1, 0.15) is 0 Å². The van der Waals surface area contributed by atoms with Crippen LogP contribution in [0.15, 0.2) is 29.4 Å². The predicted octanol–water partition coefficient (Wildman–Crippen LogP) is 0.999. The number of nitriles is 1. The highest BCUT2D eigenvalue weighted by Crippen LogP contribution is 2.15. The van der Waals surface area contributed by atoms with E-state index in [4.69, 9.17) is 21.1 Å². The van der Waals surface area contributed by atoms with E-state index in [1.165, 1.54) is 0 Å². The molecule has 0 saturated carbocycles. The molecule has 1 rings (SSSR count). The SMILES string of the molecule is C[N+](C)(C)CCOc1ccc(N/N=C(\C#N)C(=N)N)cc1. The van der Waals surface area contributed by atoms with Gasteiger partial charge < -0.3 is 15.0 Å². The van der Waals surface area contributed by atoms with E-state index < -0.39 is 0 Å². The minimum absolute atomic E-state index is 0.154. The smallest absolute Gasteiger partial charge is 0.201 e. The van der Waals surface area contributed by atoms with Crippen LogP contribution in [0.2, 0.25) is 0 Å². The molecule has 0 aliphatic rings. The van der Waals surface area contributed by atoms with Gasteiger partial charge in [0.1, 0.15) is 25.0 Å². The minimum atomic E-state index is -0.370. The first-order valence-electron chi connectivity index (χ1n) is 6.43. The van der Waals surface area contributed by atoms with Gasteiger partial charge in [-0.25, -0.2) is 0 Å². The Labute approximate surface area is 124 Å². The van der Waals surface area contributed by atoms with Gasteiger partial charge in [-0.15, -0.1) is 0 Å². The van der Waals surface area contributed by atoms with Gasteiger partial charge in [-0.3, -0.25) is 10.8 Å². The van der Waals surface area contributed by atoms with Gasteiger partial charge in [0.2, 0.25) is 5.71 Å². The van der Waals surface area contributed by atoms with E-state index in [9.17, 15) is 0 Å². The summed E-state index contributed by atoms with van der Waals surface area (Å²) in [6.45, 7) is 1.55. The van der Waals surface area contributed by atoms with Crippen molar-refractivity contribution in [1.82, 2.24) is 0 Å². The summed E-state index contributed by atoms with van der Waals surface area (Å²) < 4.78 is 6.48. The van der Waals surface area contributed by atoms with Crippen LogP contribution in [0.5, 0.6) is 5.75 Å². The van der Waals surface area contributed by atoms with Crippen LogP contribution in [0.25, 0.3) is 0 Å². The topological polar surface area (TPSA) is 107 Å². The molecule has 0 spiro atoms. The van der Waals surface area contributed by atoms with Crippen LogP contribution >= 0.6 is 0 Å². The maximum Gasteiger partial charge on any atom is 0.201 e. The highest BCUT2D eigenvalue weighted by atomic mass is 16.5. The Kier molecular flexibility index (Phi) is 5.69. The Morgan fingerprint density at radius 3 is 2.48 bits per heavy atom. The average Bonchev–Trinajstić information content (AvgIpc) is 2.39. The molecule has 21 heavy (non-hydrogen) atoms. The molecule has 0 aliphatic carbocycles. The van der Waals surface area contributed by atoms with Crippen molar-refractivity contribution in [3.05, 3.63) is 24.3 Å². The quantitative estimate of drug-likeness (QED) is 0.301. The van der Waals surface area contributed by atoms with E-state index in [0.29, 0.717) is 12.3 Å². The van der Waals surface area contributed by atoms with Gasteiger partial charge in [0.15, 0.2) is 5.84 Å². The summed E-state index contributed by atoms with van der Waals surface area (Å²) in [5.41, 5.74) is 8.39. The van der Waals surface area contributed by atoms with E-state index in [0.717, 1.165) is 16.8 Å². The van der Waals surface area contributed by atoms with Crippen molar-refractivity contribution in [3.8, 4) is 11.8 Å². The van der Waals surface area contributed by atoms with Crippen LogP contribution in [0.4, 0.5) is 5.69 Å². The molecule has 0 fully saturated rings. The van der Waals surface area contributed by atoms with E-state index in [2.05, 4.69) is 31.7 Å². The molecule has 0 saturated heterocycles. The van der Waals surface area contributed by atoms with Gasteiger partial charge in [-0.05, 0) is 24.3 Å². The lowest BCUT2D eigenvalue weighted by Crippen LogP contribution is -2.38. The number of hydrogen-bond acceptors (Lipinski definition) is 5. The Balaban J connectivity index is 2.55. The van der Waals surface area contributed by atoms with Gasteiger partial charge in [-0.2, -0.15) is 10.4 Å². The Morgan fingerprint density at radius 2 is 2.00 bits per heavy atom. The number of anilines is 1. The summed E-state index contributed by atoms with van der Waals surface area (Å²) in [6.07, 6.45) is 0. The maximum atomic E-state index is 8.72. The number of ether oxygens (including phenoxy) is 1. The number of amidine groups is 1. The normalized spacial score (nSPS) is 11.6. The molecule has 7 heteroatoms. The van der Waals surface area contributed by atoms with Crippen LogP contribution in [0, 0.1) is 16.7 Å². The second-order valence-electron chi connectivity index (χ2n) is 5.48. The van der Waals surface area contributed by atoms with Crippen molar-refractivity contribution in [1.29, 1.82) is 10.7 Å². The average molecular weight is 289 g/mol. The third-order valence-corrected chi connectivity index (χ3v) is 2.54. The summed E-state index contributed by atoms with van der Waals surface area (Å²) in [5, 5.41) is 19.6. The Bertz CT molecular complexity index is 550. The summed E-state index contributed by atoms with van der Waals surface area (Å²) in [7, 11) is 6.32. The van der Waals surface area contributed by atoms with Crippen molar-refractivity contribution < 1.29 is 9.22 Å². The van der Waals surface area contributed by atoms with Crippen molar-refractivity contribution in [2.45, 2.75) is 0 Å². The molecule has 0 radical (unpaired) electrons. The second kappa shape index (κ2) is 7.26. The van der Waals surface area contributed by atoms with Gasteiger partial charge in [-0.1, -0.05) is 0 Å². The number of benzene rings is 1. The molecule has 0 bridgehead atoms. The molecule has 7 nitrogen and oxygen atoms in total. The first-order chi connectivity index (χ1) is 9.81. The zero-order valence-electron chi connectivity index (χ0n) is 12.6. The van der Waals surface area contributed by atoms with Gasteiger partial charge in [0.25, 0.3) is 0 Å². The molecule has 0 atom stereocenters. The third kappa shape index (κ3) is 6.40. The maximum absolute atomic E-state index is 8.72.